The monoisotopic (exact) mass is 426 g/mol. The molecule has 0 spiro atoms. The topological polar surface area (TPSA) is 92.5 Å². The molecule has 1 aromatic carbocycles. The van der Waals surface area contributed by atoms with Crippen molar-refractivity contribution in [2.45, 2.75) is 13.0 Å². The number of furan rings is 1. The third-order valence-corrected chi connectivity index (χ3v) is 5.67. The average Bonchev–Trinajstić information content (AvgIpc) is 3.33. The lowest BCUT2D eigenvalue weighted by atomic mass is 9.99. The van der Waals surface area contributed by atoms with Crippen LogP contribution in [-0.2, 0) is 14.3 Å². The summed E-state index contributed by atoms with van der Waals surface area (Å²) in [6.45, 7) is 5.59. The van der Waals surface area contributed by atoms with Crippen LogP contribution in [0.15, 0.2) is 46.4 Å². The Labute approximate surface area is 180 Å². The van der Waals surface area contributed by atoms with Crippen LogP contribution in [0.3, 0.4) is 0 Å². The van der Waals surface area contributed by atoms with Crippen LogP contribution in [0.1, 0.15) is 23.1 Å². The van der Waals surface area contributed by atoms with Gasteiger partial charge in [-0.2, -0.15) is 0 Å². The second-order valence-electron chi connectivity index (χ2n) is 7.63. The number of nitrogens with zero attached hydrogens (tertiary/aromatic N) is 2. The molecule has 0 bridgehead atoms. The molecule has 0 aliphatic carbocycles. The average molecular weight is 426 g/mol. The number of rotatable bonds is 6. The maximum atomic E-state index is 13.0. The maximum absolute atomic E-state index is 13.0. The number of carbonyl (C=O) groups is 2. The first-order valence-electron chi connectivity index (χ1n) is 10.3. The quantitative estimate of drug-likeness (QED) is 0.431. The van der Waals surface area contributed by atoms with Crippen molar-refractivity contribution in [3.63, 3.8) is 0 Å². The summed E-state index contributed by atoms with van der Waals surface area (Å²) in [6, 6.07) is 9.49. The van der Waals surface area contributed by atoms with Gasteiger partial charge in [0.05, 0.1) is 25.9 Å². The number of Topliss-reactive ketones (excluding diaryl/α,β-unsaturated/α-hetero) is 1. The molecule has 1 aromatic heterocycles. The van der Waals surface area contributed by atoms with Gasteiger partial charge in [0.1, 0.15) is 29.1 Å². The van der Waals surface area contributed by atoms with Crippen molar-refractivity contribution in [1.29, 1.82) is 0 Å². The van der Waals surface area contributed by atoms with E-state index in [1.54, 1.807) is 43.3 Å². The highest BCUT2D eigenvalue weighted by Gasteiger charge is 2.47. The number of aliphatic hydroxyl groups is 1. The minimum atomic E-state index is -0.791. The van der Waals surface area contributed by atoms with E-state index in [2.05, 4.69) is 4.90 Å². The van der Waals surface area contributed by atoms with E-state index in [0.29, 0.717) is 49.1 Å². The van der Waals surface area contributed by atoms with Crippen molar-refractivity contribution in [3.05, 3.63) is 59.1 Å². The predicted molar refractivity (Wildman–Crippen MR) is 113 cm³/mol. The number of morpholine rings is 1. The zero-order valence-electron chi connectivity index (χ0n) is 17.7. The fourth-order valence-corrected chi connectivity index (χ4v) is 4.01. The Morgan fingerprint density at radius 3 is 2.61 bits per heavy atom. The van der Waals surface area contributed by atoms with Crippen LogP contribution in [-0.4, -0.2) is 73.1 Å². The fourth-order valence-electron chi connectivity index (χ4n) is 4.01. The number of benzene rings is 1. The number of hydrogen-bond acceptors (Lipinski definition) is 7. The van der Waals surface area contributed by atoms with Crippen LogP contribution in [0.25, 0.3) is 5.76 Å². The van der Waals surface area contributed by atoms with Gasteiger partial charge in [-0.05, 0) is 31.2 Å². The van der Waals surface area contributed by atoms with Crippen LogP contribution in [0.2, 0.25) is 0 Å². The van der Waals surface area contributed by atoms with Gasteiger partial charge in [-0.1, -0.05) is 12.1 Å². The maximum Gasteiger partial charge on any atom is 0.295 e. The molecule has 1 atom stereocenters. The van der Waals surface area contributed by atoms with Crippen LogP contribution >= 0.6 is 0 Å². The van der Waals surface area contributed by atoms with Gasteiger partial charge in [0.15, 0.2) is 0 Å². The third-order valence-electron chi connectivity index (χ3n) is 5.67. The third kappa shape index (κ3) is 4.22. The lowest BCUT2D eigenvalue weighted by Gasteiger charge is -2.30. The van der Waals surface area contributed by atoms with Crippen molar-refractivity contribution in [2.24, 2.45) is 0 Å². The van der Waals surface area contributed by atoms with Gasteiger partial charge in [0.25, 0.3) is 11.7 Å². The molecule has 0 saturated carbocycles. The van der Waals surface area contributed by atoms with Gasteiger partial charge in [-0.25, -0.2) is 0 Å². The lowest BCUT2D eigenvalue weighted by molar-refractivity contribution is -0.140. The standard InChI is InChI=1S/C23H26N2O6/c1-15-6-7-18(31-15)20-19(21(26)16-4-3-5-17(14-16)29-2)22(27)23(28)25(20)9-8-24-10-12-30-13-11-24/h3-7,14,20,26H,8-13H2,1-2H3/b21-19+. The molecule has 0 radical (unpaired) electrons. The minimum Gasteiger partial charge on any atom is -0.507 e. The van der Waals surface area contributed by atoms with Crippen LogP contribution in [0.5, 0.6) is 5.75 Å². The van der Waals surface area contributed by atoms with Crippen molar-refractivity contribution in [1.82, 2.24) is 9.80 Å². The van der Waals surface area contributed by atoms with Crippen molar-refractivity contribution >= 4 is 17.4 Å². The Morgan fingerprint density at radius 1 is 1.16 bits per heavy atom. The van der Waals surface area contributed by atoms with Crippen LogP contribution < -0.4 is 4.74 Å². The van der Waals surface area contributed by atoms with E-state index in [0.717, 1.165) is 13.1 Å². The SMILES string of the molecule is COc1cccc(/C(O)=C2\C(=O)C(=O)N(CCN3CCOCC3)C2c2ccc(C)o2)c1. The highest BCUT2D eigenvalue weighted by Crippen LogP contribution is 2.40. The highest BCUT2D eigenvalue weighted by molar-refractivity contribution is 6.46. The summed E-state index contributed by atoms with van der Waals surface area (Å²) < 4.78 is 16.4. The Kier molecular flexibility index (Phi) is 6.11. The number of ether oxygens (including phenoxy) is 2. The van der Waals surface area contributed by atoms with Gasteiger partial charge in [-0.3, -0.25) is 14.5 Å². The molecule has 2 aliphatic heterocycles. The normalized spacial score (nSPS) is 21.6. The number of amides is 1. The van der Waals surface area contributed by atoms with Gasteiger partial charge in [0, 0.05) is 31.7 Å². The molecule has 4 rings (SSSR count). The number of ketones is 1. The summed E-state index contributed by atoms with van der Waals surface area (Å²) in [6.07, 6.45) is 0. The van der Waals surface area contributed by atoms with Crippen LogP contribution in [0.4, 0.5) is 0 Å². The zero-order valence-corrected chi connectivity index (χ0v) is 17.7. The van der Waals surface area contributed by atoms with E-state index in [9.17, 15) is 14.7 Å². The molecule has 1 unspecified atom stereocenters. The second-order valence-corrected chi connectivity index (χ2v) is 7.63. The number of carbonyl (C=O) groups excluding carboxylic acids is 2. The van der Waals surface area contributed by atoms with E-state index in [-0.39, 0.29) is 11.3 Å². The number of likely N-dealkylation sites (tertiary alicyclic amines) is 1. The van der Waals surface area contributed by atoms with E-state index in [4.69, 9.17) is 13.9 Å². The Bertz CT molecular complexity index is 1010. The summed E-state index contributed by atoms with van der Waals surface area (Å²) in [7, 11) is 1.52. The first-order valence-corrected chi connectivity index (χ1v) is 10.3. The highest BCUT2D eigenvalue weighted by atomic mass is 16.5. The molecule has 8 nitrogen and oxygen atoms in total. The predicted octanol–water partition coefficient (Wildman–Crippen LogP) is 2.35. The van der Waals surface area contributed by atoms with Gasteiger partial charge in [0.2, 0.25) is 0 Å². The second kappa shape index (κ2) is 8.95. The smallest absolute Gasteiger partial charge is 0.295 e. The van der Waals surface area contributed by atoms with E-state index in [1.807, 2.05) is 0 Å². The summed E-state index contributed by atoms with van der Waals surface area (Å²) in [4.78, 5) is 29.6. The first kappa shape index (κ1) is 21.1. The molecule has 1 amide bonds. The van der Waals surface area contributed by atoms with Gasteiger partial charge in [-0.15, -0.1) is 0 Å². The van der Waals surface area contributed by atoms with E-state index < -0.39 is 17.7 Å². The first-order chi connectivity index (χ1) is 15.0. The van der Waals surface area contributed by atoms with Crippen LogP contribution in [0, 0.1) is 6.92 Å². The summed E-state index contributed by atoms with van der Waals surface area (Å²) in [5.41, 5.74) is 0.424. The van der Waals surface area contributed by atoms with Crippen molar-refractivity contribution in [3.8, 4) is 5.75 Å². The molecule has 3 heterocycles. The largest absolute Gasteiger partial charge is 0.507 e. The molecule has 2 fully saturated rings. The molecule has 2 aromatic rings. The molecule has 164 valence electrons. The molecule has 1 N–H and O–H groups in total. The summed E-state index contributed by atoms with van der Waals surface area (Å²) in [5, 5.41) is 11.1. The Morgan fingerprint density at radius 2 is 1.94 bits per heavy atom. The minimum absolute atomic E-state index is 0.0228. The van der Waals surface area contributed by atoms with Crippen molar-refractivity contribution in [2.75, 3.05) is 46.5 Å². The number of aliphatic hydroxyl groups excluding tert-OH is 1. The fraction of sp³-hybridized carbons (Fsp3) is 0.391. The molecule has 8 heteroatoms. The molecule has 2 aliphatic rings. The molecular formula is C23H26N2O6. The Balaban J connectivity index is 1.72. The molecule has 2 saturated heterocycles. The van der Waals surface area contributed by atoms with Gasteiger partial charge >= 0.3 is 0 Å². The molecule has 31 heavy (non-hydrogen) atoms. The summed E-state index contributed by atoms with van der Waals surface area (Å²) in [5.74, 6) is 0.0394. The zero-order chi connectivity index (χ0) is 22.0. The summed E-state index contributed by atoms with van der Waals surface area (Å²) >= 11 is 0. The number of hydrogen-bond donors (Lipinski definition) is 1. The number of aryl methyl sites for hydroxylation is 1. The molecular weight excluding hydrogens is 400 g/mol. The van der Waals surface area contributed by atoms with Gasteiger partial charge < -0.3 is 23.9 Å². The Hall–Kier alpha value is -3.10. The lowest BCUT2D eigenvalue weighted by Crippen LogP contribution is -2.42. The van der Waals surface area contributed by atoms with E-state index in [1.165, 1.54) is 12.0 Å². The van der Waals surface area contributed by atoms with Crippen molar-refractivity contribution < 1.29 is 28.6 Å². The number of methoxy groups -OCH3 is 1. The van der Waals surface area contributed by atoms with E-state index >= 15 is 0 Å².